The number of non-ortho nitro benzene ring substituents is 1. The number of carbonyl (C=O) groups excluding carboxylic acids is 1. The molecule has 2 heterocycles. The number of amides is 1. The van der Waals surface area contributed by atoms with Crippen LogP contribution in [0.1, 0.15) is 28.8 Å². The Bertz CT molecular complexity index is 1230. The third-order valence-corrected chi connectivity index (χ3v) is 5.88. The van der Waals surface area contributed by atoms with Gasteiger partial charge in [-0.15, -0.1) is 0 Å². The van der Waals surface area contributed by atoms with Crippen LogP contribution in [-0.4, -0.2) is 38.8 Å². The first-order valence-electron chi connectivity index (χ1n) is 11.0. The minimum atomic E-state index is -0.704. The van der Waals surface area contributed by atoms with Gasteiger partial charge in [-0.05, 0) is 36.8 Å². The van der Waals surface area contributed by atoms with E-state index >= 15 is 0 Å². The molecule has 0 bridgehead atoms. The highest BCUT2D eigenvalue weighted by atomic mass is 16.6. The SMILES string of the molecule is O=C(NNc1ncnc(N2CCC(Cc3ccccc3)CC2)c1[N+](=O)[O-])c1cccc([N+](=O)[O-])c1. The van der Waals surface area contributed by atoms with Crippen LogP contribution in [-0.2, 0) is 6.42 Å². The van der Waals surface area contributed by atoms with E-state index < -0.39 is 15.8 Å². The number of hydrazine groups is 1. The molecule has 180 valence electrons. The number of rotatable bonds is 8. The predicted octanol–water partition coefficient (Wildman–Crippen LogP) is 3.51. The molecule has 1 saturated heterocycles. The summed E-state index contributed by atoms with van der Waals surface area (Å²) in [6.45, 7) is 1.21. The Kier molecular flexibility index (Phi) is 7.10. The summed E-state index contributed by atoms with van der Waals surface area (Å²) in [4.78, 5) is 44.0. The van der Waals surface area contributed by atoms with Crippen LogP contribution in [0.15, 0.2) is 60.9 Å². The third kappa shape index (κ3) is 5.66. The van der Waals surface area contributed by atoms with Crippen LogP contribution < -0.4 is 15.8 Å². The maximum Gasteiger partial charge on any atom is 0.355 e. The van der Waals surface area contributed by atoms with E-state index in [1.54, 1.807) is 0 Å². The number of nitrogens with zero attached hydrogens (tertiary/aromatic N) is 5. The quantitative estimate of drug-likeness (QED) is 0.366. The number of hydrogen-bond donors (Lipinski definition) is 2. The molecule has 4 rings (SSSR count). The standard InChI is InChI=1S/C23H23N7O5/c31-23(18-7-4-8-19(14-18)29(32)33)27-26-21-20(30(34)35)22(25-15-24-21)28-11-9-17(10-12-28)13-16-5-2-1-3-6-16/h1-8,14-15,17H,9-13H2,(H,27,31)(H,24,25,26). The van der Waals surface area contributed by atoms with Crippen LogP contribution in [0.4, 0.5) is 23.0 Å². The van der Waals surface area contributed by atoms with E-state index in [4.69, 9.17) is 0 Å². The fourth-order valence-corrected chi connectivity index (χ4v) is 4.11. The van der Waals surface area contributed by atoms with Crippen LogP contribution in [0.25, 0.3) is 0 Å². The molecule has 0 spiro atoms. The van der Waals surface area contributed by atoms with Crippen molar-refractivity contribution in [2.45, 2.75) is 19.3 Å². The molecule has 12 nitrogen and oxygen atoms in total. The Hall–Kier alpha value is -4.61. The molecule has 35 heavy (non-hydrogen) atoms. The van der Waals surface area contributed by atoms with Crippen molar-refractivity contribution in [3.05, 3.63) is 92.3 Å². The van der Waals surface area contributed by atoms with Gasteiger partial charge in [-0.1, -0.05) is 36.4 Å². The van der Waals surface area contributed by atoms with E-state index in [2.05, 4.69) is 33.0 Å². The van der Waals surface area contributed by atoms with Gasteiger partial charge in [-0.2, -0.15) is 0 Å². The first-order chi connectivity index (χ1) is 16.9. The first kappa shape index (κ1) is 23.5. The molecule has 1 aliphatic rings. The summed E-state index contributed by atoms with van der Waals surface area (Å²) in [5, 5.41) is 22.8. The van der Waals surface area contributed by atoms with Crippen LogP contribution in [0.5, 0.6) is 0 Å². The zero-order chi connectivity index (χ0) is 24.8. The normalized spacial score (nSPS) is 13.8. The lowest BCUT2D eigenvalue weighted by molar-refractivity contribution is -0.384. The molecule has 1 aliphatic heterocycles. The van der Waals surface area contributed by atoms with E-state index in [1.807, 2.05) is 23.1 Å². The number of nitro benzene ring substituents is 1. The van der Waals surface area contributed by atoms with Gasteiger partial charge < -0.3 is 4.90 Å². The number of piperidine rings is 1. The summed E-state index contributed by atoms with van der Waals surface area (Å²) in [5.41, 5.74) is 5.48. The average Bonchev–Trinajstić information content (AvgIpc) is 2.88. The van der Waals surface area contributed by atoms with Crippen molar-refractivity contribution in [2.24, 2.45) is 5.92 Å². The molecular formula is C23H23N7O5. The number of hydrogen-bond acceptors (Lipinski definition) is 9. The zero-order valence-corrected chi connectivity index (χ0v) is 18.7. The van der Waals surface area contributed by atoms with Crippen molar-refractivity contribution in [2.75, 3.05) is 23.4 Å². The minimum absolute atomic E-state index is 0.0177. The molecule has 12 heteroatoms. The molecule has 0 unspecified atom stereocenters. The molecule has 1 aromatic heterocycles. The van der Waals surface area contributed by atoms with Crippen LogP contribution in [0.3, 0.4) is 0 Å². The second-order valence-electron chi connectivity index (χ2n) is 8.16. The molecule has 0 radical (unpaired) electrons. The molecule has 0 saturated carbocycles. The molecule has 2 aromatic carbocycles. The van der Waals surface area contributed by atoms with E-state index in [1.165, 1.54) is 30.1 Å². The largest absolute Gasteiger partial charge is 0.355 e. The molecular weight excluding hydrogens is 454 g/mol. The second-order valence-corrected chi connectivity index (χ2v) is 8.16. The zero-order valence-electron chi connectivity index (χ0n) is 18.7. The number of nitro groups is 2. The minimum Gasteiger partial charge on any atom is -0.351 e. The van der Waals surface area contributed by atoms with E-state index in [9.17, 15) is 25.0 Å². The van der Waals surface area contributed by atoms with Crippen LogP contribution in [0.2, 0.25) is 0 Å². The number of nitrogens with one attached hydrogen (secondary N) is 2. The monoisotopic (exact) mass is 477 g/mol. The predicted molar refractivity (Wildman–Crippen MR) is 128 cm³/mol. The molecule has 0 aliphatic carbocycles. The van der Waals surface area contributed by atoms with Crippen LogP contribution in [0, 0.1) is 26.1 Å². The lowest BCUT2D eigenvalue weighted by Crippen LogP contribution is -2.36. The maximum absolute atomic E-state index is 12.4. The number of carbonyl (C=O) groups is 1. The summed E-state index contributed by atoms with van der Waals surface area (Å²) >= 11 is 0. The van der Waals surface area contributed by atoms with E-state index in [-0.39, 0.29) is 28.6 Å². The van der Waals surface area contributed by atoms with Gasteiger partial charge in [-0.25, -0.2) is 9.97 Å². The van der Waals surface area contributed by atoms with Gasteiger partial charge in [0, 0.05) is 30.8 Å². The van der Waals surface area contributed by atoms with Crippen molar-refractivity contribution in [1.29, 1.82) is 0 Å². The summed E-state index contributed by atoms with van der Waals surface area (Å²) < 4.78 is 0. The Labute approximate surface area is 200 Å². The fraction of sp³-hybridized carbons (Fsp3) is 0.261. The summed E-state index contributed by atoms with van der Waals surface area (Å²) in [7, 11) is 0. The number of aromatic nitrogens is 2. The lowest BCUT2D eigenvalue weighted by atomic mass is 9.90. The van der Waals surface area contributed by atoms with Gasteiger partial charge >= 0.3 is 5.69 Å². The molecule has 0 atom stereocenters. The van der Waals surface area contributed by atoms with Crippen molar-refractivity contribution in [3.63, 3.8) is 0 Å². The Balaban J connectivity index is 1.44. The maximum atomic E-state index is 12.4. The van der Waals surface area contributed by atoms with Gasteiger partial charge in [0.15, 0.2) is 0 Å². The van der Waals surface area contributed by atoms with Gasteiger partial charge in [0.1, 0.15) is 6.33 Å². The highest BCUT2D eigenvalue weighted by Gasteiger charge is 2.30. The number of anilines is 2. The van der Waals surface area contributed by atoms with Gasteiger partial charge in [0.05, 0.1) is 9.85 Å². The van der Waals surface area contributed by atoms with Crippen molar-refractivity contribution >= 4 is 28.9 Å². The summed E-state index contributed by atoms with van der Waals surface area (Å²) in [6.07, 6.45) is 3.88. The average molecular weight is 477 g/mol. The molecule has 1 fully saturated rings. The highest BCUT2D eigenvalue weighted by Crippen LogP contribution is 2.34. The smallest absolute Gasteiger partial charge is 0.351 e. The van der Waals surface area contributed by atoms with Gasteiger partial charge in [-0.3, -0.25) is 35.9 Å². The van der Waals surface area contributed by atoms with E-state index in [0.29, 0.717) is 19.0 Å². The van der Waals surface area contributed by atoms with Gasteiger partial charge in [0.2, 0.25) is 11.6 Å². The molecule has 1 amide bonds. The Morgan fingerprint density at radius 3 is 2.43 bits per heavy atom. The fourth-order valence-electron chi connectivity index (χ4n) is 4.11. The van der Waals surface area contributed by atoms with Crippen molar-refractivity contribution < 1.29 is 14.6 Å². The molecule has 2 N–H and O–H groups in total. The first-order valence-corrected chi connectivity index (χ1v) is 11.0. The summed E-state index contributed by atoms with van der Waals surface area (Å²) in [6, 6.07) is 15.3. The lowest BCUT2D eigenvalue weighted by Gasteiger charge is -2.32. The van der Waals surface area contributed by atoms with Crippen molar-refractivity contribution in [1.82, 2.24) is 15.4 Å². The number of benzene rings is 2. The highest BCUT2D eigenvalue weighted by molar-refractivity contribution is 5.95. The van der Waals surface area contributed by atoms with Crippen molar-refractivity contribution in [3.8, 4) is 0 Å². The van der Waals surface area contributed by atoms with Crippen LogP contribution >= 0.6 is 0 Å². The van der Waals surface area contributed by atoms with Gasteiger partial charge in [0.25, 0.3) is 11.6 Å². The second kappa shape index (κ2) is 10.5. The summed E-state index contributed by atoms with van der Waals surface area (Å²) in [5.74, 6) is -0.230. The van der Waals surface area contributed by atoms with E-state index in [0.717, 1.165) is 25.3 Å². The molecule has 3 aromatic rings. The Morgan fingerprint density at radius 2 is 1.74 bits per heavy atom. The topological polar surface area (TPSA) is 156 Å². The third-order valence-electron chi connectivity index (χ3n) is 5.88. The Morgan fingerprint density at radius 1 is 1.00 bits per heavy atom.